The molecule has 0 aliphatic heterocycles. The molecule has 0 spiro atoms. The molecular weight excluding hydrogens is 174 g/mol. The standard InChI is InChI=1S/C8H7NO2S/c1-4-3-11-6-2-5(8(10)12)9-7(4)6/h2-3,9H,1H3,(H,10,12). The fourth-order valence-corrected chi connectivity index (χ4v) is 1.27. The average molecular weight is 181 g/mol. The fraction of sp³-hybridized carbons (Fsp3) is 0.125. The molecule has 2 rings (SSSR count). The number of furan rings is 1. The number of aromatic amines is 1. The quantitative estimate of drug-likeness (QED) is 0.662. The van der Waals surface area contributed by atoms with E-state index in [1.54, 1.807) is 12.3 Å². The zero-order valence-electron chi connectivity index (χ0n) is 6.42. The van der Waals surface area contributed by atoms with Gasteiger partial charge in [-0.25, -0.2) is 0 Å². The summed E-state index contributed by atoms with van der Waals surface area (Å²) in [6.45, 7) is 1.91. The first-order chi connectivity index (χ1) is 5.68. The van der Waals surface area contributed by atoms with E-state index in [0.29, 0.717) is 11.3 Å². The largest absolute Gasteiger partial charge is 0.462 e. The van der Waals surface area contributed by atoms with Crippen LogP contribution < -0.4 is 0 Å². The number of nitrogens with one attached hydrogen (secondary N) is 1. The van der Waals surface area contributed by atoms with Crippen molar-refractivity contribution >= 4 is 28.8 Å². The van der Waals surface area contributed by atoms with Crippen LogP contribution in [0.3, 0.4) is 0 Å². The van der Waals surface area contributed by atoms with Crippen molar-refractivity contribution in [2.24, 2.45) is 0 Å². The van der Waals surface area contributed by atoms with Crippen molar-refractivity contribution in [2.45, 2.75) is 6.92 Å². The fourth-order valence-electron chi connectivity index (χ4n) is 1.15. The molecule has 0 atom stereocenters. The molecule has 1 N–H and O–H groups in total. The summed E-state index contributed by atoms with van der Waals surface area (Å²) in [6, 6.07) is 1.65. The van der Waals surface area contributed by atoms with Gasteiger partial charge in [-0.05, 0) is 6.92 Å². The summed E-state index contributed by atoms with van der Waals surface area (Å²) >= 11 is 3.70. The number of carbonyl (C=O) groups is 1. The number of aromatic nitrogens is 1. The lowest BCUT2D eigenvalue weighted by atomic mass is 10.3. The van der Waals surface area contributed by atoms with Crippen LogP contribution in [0.15, 0.2) is 16.7 Å². The third-order valence-corrected chi connectivity index (χ3v) is 2.01. The Hall–Kier alpha value is -1.16. The van der Waals surface area contributed by atoms with Crippen molar-refractivity contribution in [1.82, 2.24) is 4.98 Å². The van der Waals surface area contributed by atoms with E-state index >= 15 is 0 Å². The summed E-state index contributed by atoms with van der Waals surface area (Å²) in [5.41, 5.74) is 3.03. The van der Waals surface area contributed by atoms with Gasteiger partial charge in [0.2, 0.25) is 5.12 Å². The van der Waals surface area contributed by atoms with Gasteiger partial charge in [-0.1, -0.05) is 12.6 Å². The molecule has 0 unspecified atom stereocenters. The first-order valence-corrected chi connectivity index (χ1v) is 3.93. The highest BCUT2D eigenvalue weighted by atomic mass is 32.1. The number of carbonyl (C=O) groups excluding carboxylic acids is 1. The monoisotopic (exact) mass is 181 g/mol. The Morgan fingerprint density at radius 2 is 2.42 bits per heavy atom. The summed E-state index contributed by atoms with van der Waals surface area (Å²) in [6.07, 6.45) is 1.65. The maximum absolute atomic E-state index is 10.8. The summed E-state index contributed by atoms with van der Waals surface area (Å²) in [4.78, 5) is 13.7. The van der Waals surface area contributed by atoms with Crippen LogP contribution in [0, 0.1) is 6.92 Å². The van der Waals surface area contributed by atoms with Gasteiger partial charge in [0.05, 0.1) is 17.5 Å². The Kier molecular flexibility index (Phi) is 1.51. The van der Waals surface area contributed by atoms with Crippen LogP contribution in [0.25, 0.3) is 11.1 Å². The predicted molar refractivity (Wildman–Crippen MR) is 48.6 cm³/mol. The molecule has 12 heavy (non-hydrogen) atoms. The predicted octanol–water partition coefficient (Wildman–Crippen LogP) is 2.14. The number of fused-ring (bicyclic) bond motifs is 1. The van der Waals surface area contributed by atoms with E-state index in [0.717, 1.165) is 11.1 Å². The molecule has 4 heteroatoms. The number of aryl methyl sites for hydroxylation is 1. The van der Waals surface area contributed by atoms with E-state index in [9.17, 15) is 4.79 Å². The molecule has 2 heterocycles. The molecule has 0 aliphatic carbocycles. The minimum absolute atomic E-state index is 0.277. The highest BCUT2D eigenvalue weighted by Crippen LogP contribution is 2.21. The zero-order valence-corrected chi connectivity index (χ0v) is 7.31. The van der Waals surface area contributed by atoms with Gasteiger partial charge in [-0.2, -0.15) is 0 Å². The van der Waals surface area contributed by atoms with Crippen molar-refractivity contribution in [2.75, 3.05) is 0 Å². The van der Waals surface area contributed by atoms with Gasteiger partial charge in [0.1, 0.15) is 0 Å². The van der Waals surface area contributed by atoms with E-state index < -0.39 is 0 Å². The van der Waals surface area contributed by atoms with Gasteiger partial charge < -0.3 is 9.40 Å². The molecule has 0 aromatic carbocycles. The Labute approximate surface area is 74.2 Å². The minimum atomic E-state index is -0.277. The first-order valence-electron chi connectivity index (χ1n) is 3.48. The maximum Gasteiger partial charge on any atom is 0.232 e. The SMILES string of the molecule is Cc1coc2cc(C(=O)S)[nH]c12. The Balaban J connectivity index is 2.70. The summed E-state index contributed by atoms with van der Waals surface area (Å²) < 4.78 is 5.16. The second-order valence-corrected chi connectivity index (χ2v) is 3.05. The number of thiol groups is 1. The zero-order chi connectivity index (χ0) is 8.72. The third kappa shape index (κ3) is 0.956. The van der Waals surface area contributed by atoms with Crippen molar-refractivity contribution < 1.29 is 9.21 Å². The van der Waals surface area contributed by atoms with Crippen LogP contribution in [0.4, 0.5) is 0 Å². The van der Waals surface area contributed by atoms with Crippen molar-refractivity contribution in [3.8, 4) is 0 Å². The van der Waals surface area contributed by atoms with Crippen molar-refractivity contribution in [1.29, 1.82) is 0 Å². The van der Waals surface area contributed by atoms with E-state index in [4.69, 9.17) is 4.42 Å². The summed E-state index contributed by atoms with van der Waals surface area (Å²) in [5, 5.41) is -0.277. The highest BCUT2D eigenvalue weighted by molar-refractivity contribution is 7.97. The lowest BCUT2D eigenvalue weighted by molar-refractivity contribution is 0.108. The number of H-pyrrole nitrogens is 1. The van der Waals surface area contributed by atoms with Crippen LogP contribution >= 0.6 is 12.6 Å². The molecule has 0 saturated heterocycles. The molecule has 0 bridgehead atoms. The van der Waals surface area contributed by atoms with E-state index in [-0.39, 0.29) is 5.12 Å². The number of hydrogen-bond acceptors (Lipinski definition) is 2. The second-order valence-electron chi connectivity index (χ2n) is 2.65. The van der Waals surface area contributed by atoms with Gasteiger partial charge >= 0.3 is 0 Å². The molecule has 2 aromatic heterocycles. The Bertz CT molecular complexity index is 441. The normalized spacial score (nSPS) is 10.8. The molecule has 62 valence electrons. The van der Waals surface area contributed by atoms with E-state index in [1.165, 1.54) is 0 Å². The van der Waals surface area contributed by atoms with Crippen molar-refractivity contribution in [3.63, 3.8) is 0 Å². The summed E-state index contributed by atoms with van der Waals surface area (Å²) in [5.74, 6) is 0. The molecule has 0 fully saturated rings. The molecule has 0 amide bonds. The number of hydrogen-bond donors (Lipinski definition) is 2. The molecule has 0 radical (unpaired) electrons. The third-order valence-electron chi connectivity index (χ3n) is 1.77. The van der Waals surface area contributed by atoms with Crippen LogP contribution in [0.1, 0.15) is 16.1 Å². The number of rotatable bonds is 1. The Morgan fingerprint density at radius 3 is 3.00 bits per heavy atom. The van der Waals surface area contributed by atoms with Crippen LogP contribution in [0.2, 0.25) is 0 Å². The van der Waals surface area contributed by atoms with Crippen molar-refractivity contribution in [3.05, 3.63) is 23.6 Å². The van der Waals surface area contributed by atoms with E-state index in [1.807, 2.05) is 6.92 Å². The van der Waals surface area contributed by atoms with Gasteiger partial charge in [0, 0.05) is 11.6 Å². The van der Waals surface area contributed by atoms with Gasteiger partial charge in [-0.3, -0.25) is 4.79 Å². The van der Waals surface area contributed by atoms with Crippen LogP contribution in [-0.4, -0.2) is 10.1 Å². The van der Waals surface area contributed by atoms with Crippen LogP contribution in [-0.2, 0) is 0 Å². The Morgan fingerprint density at radius 1 is 1.67 bits per heavy atom. The summed E-state index contributed by atoms with van der Waals surface area (Å²) in [7, 11) is 0. The highest BCUT2D eigenvalue weighted by Gasteiger charge is 2.09. The second kappa shape index (κ2) is 2.42. The first kappa shape index (κ1) is 7.49. The average Bonchev–Trinajstić information content (AvgIpc) is 2.53. The molecule has 0 aliphatic rings. The topological polar surface area (TPSA) is 46.0 Å². The lowest BCUT2D eigenvalue weighted by Crippen LogP contribution is -1.86. The van der Waals surface area contributed by atoms with E-state index in [2.05, 4.69) is 17.6 Å². The van der Waals surface area contributed by atoms with Gasteiger partial charge in [0.25, 0.3) is 0 Å². The lowest BCUT2D eigenvalue weighted by Gasteiger charge is -1.84. The van der Waals surface area contributed by atoms with Gasteiger partial charge in [-0.15, -0.1) is 0 Å². The molecule has 2 aromatic rings. The molecule has 3 nitrogen and oxygen atoms in total. The smallest absolute Gasteiger partial charge is 0.232 e. The van der Waals surface area contributed by atoms with Gasteiger partial charge in [0.15, 0.2) is 5.58 Å². The molecular formula is C8H7NO2S. The van der Waals surface area contributed by atoms with Crippen LogP contribution in [0.5, 0.6) is 0 Å². The minimum Gasteiger partial charge on any atom is -0.462 e. The maximum atomic E-state index is 10.8. The molecule has 0 saturated carbocycles.